The monoisotopic (exact) mass is 225 g/mol. The summed E-state index contributed by atoms with van der Waals surface area (Å²) in [7, 11) is 0. The van der Waals surface area contributed by atoms with Crippen molar-refractivity contribution in [3.63, 3.8) is 0 Å². The molecule has 1 N–H and O–H groups in total. The van der Waals surface area contributed by atoms with E-state index in [1.807, 2.05) is 0 Å². The molecule has 0 aliphatic heterocycles. The second-order valence-electron chi connectivity index (χ2n) is 4.25. The molecule has 0 aromatic carbocycles. The summed E-state index contributed by atoms with van der Waals surface area (Å²) in [5.41, 5.74) is -0.549. The molecule has 0 fully saturated rings. The average molecular weight is 225 g/mol. The Labute approximate surface area is 93.8 Å². The summed E-state index contributed by atoms with van der Waals surface area (Å²) in [6, 6.07) is 3.12. The highest BCUT2D eigenvalue weighted by molar-refractivity contribution is 5.93. The van der Waals surface area contributed by atoms with Crippen LogP contribution in [0.2, 0.25) is 0 Å². The molecule has 1 aromatic heterocycles. The van der Waals surface area contributed by atoms with Crippen molar-refractivity contribution in [3.05, 3.63) is 24.2 Å². The molecule has 0 saturated heterocycles. The minimum Gasteiger partial charge on any atom is -0.459 e. The molecule has 0 radical (unpaired) electrons. The van der Waals surface area contributed by atoms with Crippen LogP contribution in [0, 0.1) is 0 Å². The Kier molecular flexibility index (Phi) is 3.71. The Morgan fingerprint density at radius 3 is 2.62 bits per heavy atom. The van der Waals surface area contributed by atoms with Crippen LogP contribution >= 0.6 is 0 Å². The van der Waals surface area contributed by atoms with Crippen LogP contribution in [0.5, 0.6) is 0 Å². The molecule has 0 saturated carbocycles. The van der Waals surface area contributed by atoms with Gasteiger partial charge in [0.05, 0.1) is 6.26 Å². The van der Waals surface area contributed by atoms with Crippen LogP contribution in [0.25, 0.3) is 0 Å². The molecule has 16 heavy (non-hydrogen) atoms. The molecule has 0 spiro atoms. The van der Waals surface area contributed by atoms with Gasteiger partial charge in [-0.05, 0) is 32.9 Å². The number of carbonyl (C=O) groups is 2. The van der Waals surface area contributed by atoms with E-state index in [1.54, 1.807) is 26.8 Å². The molecular formula is C11H15NO4. The molecule has 5 nitrogen and oxygen atoms in total. The number of carbonyl (C=O) groups excluding carboxylic acids is 2. The third kappa shape index (κ3) is 4.16. The summed E-state index contributed by atoms with van der Waals surface area (Å²) in [6.45, 7) is 5.12. The number of rotatable bonds is 3. The average Bonchev–Trinajstić information content (AvgIpc) is 2.64. The first kappa shape index (κ1) is 12.3. The van der Waals surface area contributed by atoms with Crippen molar-refractivity contribution >= 4 is 11.9 Å². The van der Waals surface area contributed by atoms with E-state index in [-0.39, 0.29) is 12.3 Å². The molecule has 0 atom stereocenters. The van der Waals surface area contributed by atoms with E-state index in [1.165, 1.54) is 12.3 Å². The minimum atomic E-state index is -0.549. The van der Waals surface area contributed by atoms with Crippen molar-refractivity contribution in [2.45, 2.75) is 26.4 Å². The van der Waals surface area contributed by atoms with E-state index in [9.17, 15) is 9.59 Å². The zero-order valence-corrected chi connectivity index (χ0v) is 9.57. The van der Waals surface area contributed by atoms with Gasteiger partial charge in [0, 0.05) is 0 Å². The number of hydrogen-bond acceptors (Lipinski definition) is 4. The Morgan fingerprint density at radius 2 is 2.12 bits per heavy atom. The van der Waals surface area contributed by atoms with Gasteiger partial charge < -0.3 is 14.5 Å². The zero-order chi connectivity index (χ0) is 12.2. The van der Waals surface area contributed by atoms with Crippen LogP contribution in [-0.2, 0) is 9.53 Å². The molecule has 5 heteroatoms. The van der Waals surface area contributed by atoms with Crippen LogP contribution in [0.1, 0.15) is 31.3 Å². The molecule has 88 valence electrons. The van der Waals surface area contributed by atoms with E-state index in [2.05, 4.69) is 5.32 Å². The summed E-state index contributed by atoms with van der Waals surface area (Å²) in [5, 5.41) is 2.40. The predicted octanol–water partition coefficient (Wildman–Crippen LogP) is 1.35. The summed E-state index contributed by atoms with van der Waals surface area (Å²) in [6.07, 6.45) is 1.39. The third-order valence-electron chi connectivity index (χ3n) is 1.56. The summed E-state index contributed by atoms with van der Waals surface area (Å²) < 4.78 is 9.89. The quantitative estimate of drug-likeness (QED) is 0.788. The largest absolute Gasteiger partial charge is 0.459 e. The topological polar surface area (TPSA) is 68.5 Å². The van der Waals surface area contributed by atoms with Crippen molar-refractivity contribution in [2.75, 3.05) is 6.54 Å². The van der Waals surface area contributed by atoms with E-state index >= 15 is 0 Å². The van der Waals surface area contributed by atoms with Crippen LogP contribution in [0.4, 0.5) is 0 Å². The first-order chi connectivity index (χ1) is 7.38. The fourth-order valence-electron chi connectivity index (χ4n) is 1.02. The van der Waals surface area contributed by atoms with Crippen molar-refractivity contribution in [1.82, 2.24) is 5.32 Å². The van der Waals surface area contributed by atoms with Gasteiger partial charge in [-0.15, -0.1) is 0 Å². The fraction of sp³-hybridized carbons (Fsp3) is 0.455. The maximum atomic E-state index is 11.4. The van der Waals surface area contributed by atoms with Gasteiger partial charge in [-0.25, -0.2) is 0 Å². The molecular weight excluding hydrogens is 210 g/mol. The summed E-state index contributed by atoms with van der Waals surface area (Å²) in [5.74, 6) is -0.744. The van der Waals surface area contributed by atoms with Crippen LogP contribution < -0.4 is 5.32 Å². The second kappa shape index (κ2) is 4.83. The van der Waals surface area contributed by atoms with Gasteiger partial charge in [0.25, 0.3) is 5.91 Å². The Balaban J connectivity index is 2.35. The normalized spacial score (nSPS) is 10.9. The van der Waals surface area contributed by atoms with Gasteiger partial charge in [-0.1, -0.05) is 0 Å². The first-order valence-corrected chi connectivity index (χ1v) is 4.92. The number of ether oxygens (including phenoxy) is 1. The van der Waals surface area contributed by atoms with Crippen molar-refractivity contribution in [1.29, 1.82) is 0 Å². The van der Waals surface area contributed by atoms with Crippen molar-refractivity contribution in [2.24, 2.45) is 0 Å². The molecule has 1 aromatic rings. The summed E-state index contributed by atoms with van der Waals surface area (Å²) >= 11 is 0. The van der Waals surface area contributed by atoms with Crippen LogP contribution in [0.15, 0.2) is 22.8 Å². The number of nitrogens with one attached hydrogen (secondary N) is 1. The molecule has 0 bridgehead atoms. The smallest absolute Gasteiger partial charge is 0.325 e. The lowest BCUT2D eigenvalue weighted by Crippen LogP contribution is -2.34. The van der Waals surface area contributed by atoms with E-state index < -0.39 is 17.5 Å². The minimum absolute atomic E-state index is 0.170. The van der Waals surface area contributed by atoms with Gasteiger partial charge in [-0.3, -0.25) is 9.59 Å². The standard InChI is InChI=1S/C11H15NO4/c1-11(2,3)16-9(13)7-12-10(14)8-5-4-6-15-8/h4-6H,7H2,1-3H3,(H,12,14). The van der Waals surface area contributed by atoms with Gasteiger partial charge in [0.1, 0.15) is 12.1 Å². The maximum absolute atomic E-state index is 11.4. The highest BCUT2D eigenvalue weighted by Gasteiger charge is 2.17. The number of furan rings is 1. The van der Waals surface area contributed by atoms with Crippen molar-refractivity contribution in [3.8, 4) is 0 Å². The van der Waals surface area contributed by atoms with E-state index in [4.69, 9.17) is 9.15 Å². The second-order valence-corrected chi connectivity index (χ2v) is 4.25. The molecule has 1 amide bonds. The third-order valence-corrected chi connectivity index (χ3v) is 1.56. The number of hydrogen-bond donors (Lipinski definition) is 1. The Hall–Kier alpha value is -1.78. The molecule has 0 aliphatic carbocycles. The molecule has 1 rings (SSSR count). The lowest BCUT2D eigenvalue weighted by molar-refractivity contribution is -0.153. The number of amides is 1. The van der Waals surface area contributed by atoms with Crippen LogP contribution in [-0.4, -0.2) is 24.0 Å². The Morgan fingerprint density at radius 1 is 1.44 bits per heavy atom. The van der Waals surface area contributed by atoms with Crippen LogP contribution in [0.3, 0.4) is 0 Å². The Bertz CT molecular complexity index is 362. The van der Waals surface area contributed by atoms with Gasteiger partial charge in [0.15, 0.2) is 5.76 Å². The van der Waals surface area contributed by atoms with Crippen molar-refractivity contribution < 1.29 is 18.7 Å². The molecule has 0 unspecified atom stereocenters. The van der Waals surface area contributed by atoms with Gasteiger partial charge in [0.2, 0.25) is 0 Å². The molecule has 0 aliphatic rings. The van der Waals surface area contributed by atoms with Gasteiger partial charge >= 0.3 is 5.97 Å². The lowest BCUT2D eigenvalue weighted by Gasteiger charge is -2.19. The highest BCUT2D eigenvalue weighted by Crippen LogP contribution is 2.06. The first-order valence-electron chi connectivity index (χ1n) is 4.92. The van der Waals surface area contributed by atoms with Gasteiger partial charge in [-0.2, -0.15) is 0 Å². The summed E-state index contributed by atoms with van der Waals surface area (Å²) in [4.78, 5) is 22.6. The molecule has 1 heterocycles. The SMILES string of the molecule is CC(C)(C)OC(=O)CNC(=O)c1ccco1. The lowest BCUT2D eigenvalue weighted by atomic mass is 10.2. The zero-order valence-electron chi connectivity index (χ0n) is 9.57. The highest BCUT2D eigenvalue weighted by atomic mass is 16.6. The number of esters is 1. The van der Waals surface area contributed by atoms with E-state index in [0.29, 0.717) is 0 Å². The predicted molar refractivity (Wildman–Crippen MR) is 56.9 cm³/mol. The maximum Gasteiger partial charge on any atom is 0.325 e. The fourth-order valence-corrected chi connectivity index (χ4v) is 1.02. The van der Waals surface area contributed by atoms with E-state index in [0.717, 1.165) is 0 Å².